The maximum atomic E-state index is 11.4. The van der Waals surface area contributed by atoms with Crippen LogP contribution in [0, 0.1) is 11.8 Å². The van der Waals surface area contributed by atoms with E-state index in [2.05, 4.69) is 22.5 Å². The maximum absolute atomic E-state index is 11.4. The topological polar surface area (TPSA) is 41.1 Å². The lowest BCUT2D eigenvalue weighted by Gasteiger charge is -2.04. The van der Waals surface area contributed by atoms with E-state index < -0.39 is 0 Å². The van der Waals surface area contributed by atoms with Gasteiger partial charge in [0.05, 0.1) is 13.1 Å². The Morgan fingerprint density at radius 1 is 1.38 bits per heavy atom. The molecule has 0 aliphatic rings. The molecule has 4 heteroatoms. The van der Waals surface area contributed by atoms with Gasteiger partial charge in [-0.05, 0) is 31.2 Å². The second-order valence-corrected chi connectivity index (χ2v) is 3.52. The SMILES string of the molecule is CC#CCNCC(=O)Nc1ccc(Cl)cc1. The van der Waals surface area contributed by atoms with E-state index in [-0.39, 0.29) is 12.5 Å². The number of carbonyl (C=O) groups excluding carboxylic acids is 1. The maximum Gasteiger partial charge on any atom is 0.238 e. The fourth-order valence-corrected chi connectivity index (χ4v) is 1.19. The average Bonchev–Trinajstić information content (AvgIpc) is 2.28. The summed E-state index contributed by atoms with van der Waals surface area (Å²) in [6.45, 7) is 2.53. The largest absolute Gasteiger partial charge is 0.325 e. The van der Waals surface area contributed by atoms with Gasteiger partial charge in [-0.25, -0.2) is 0 Å². The van der Waals surface area contributed by atoms with Crippen LogP contribution >= 0.6 is 11.6 Å². The van der Waals surface area contributed by atoms with Gasteiger partial charge < -0.3 is 5.32 Å². The summed E-state index contributed by atoms with van der Waals surface area (Å²) in [4.78, 5) is 11.4. The number of hydrogen-bond donors (Lipinski definition) is 2. The first-order valence-corrected chi connectivity index (χ1v) is 5.26. The molecule has 0 unspecified atom stereocenters. The molecule has 0 atom stereocenters. The second kappa shape index (κ2) is 6.89. The van der Waals surface area contributed by atoms with Gasteiger partial charge in [-0.3, -0.25) is 10.1 Å². The Labute approximate surface area is 100 Å². The van der Waals surface area contributed by atoms with Gasteiger partial charge in [-0.1, -0.05) is 17.5 Å². The highest BCUT2D eigenvalue weighted by atomic mass is 35.5. The normalized spacial score (nSPS) is 9.12. The summed E-state index contributed by atoms with van der Waals surface area (Å²) < 4.78 is 0. The quantitative estimate of drug-likeness (QED) is 0.619. The summed E-state index contributed by atoms with van der Waals surface area (Å²) >= 11 is 5.73. The van der Waals surface area contributed by atoms with Crippen molar-refractivity contribution in [3.63, 3.8) is 0 Å². The van der Waals surface area contributed by atoms with Crippen LogP contribution in [0.15, 0.2) is 24.3 Å². The summed E-state index contributed by atoms with van der Waals surface area (Å²) in [6, 6.07) is 6.97. The van der Waals surface area contributed by atoms with Crippen LogP contribution < -0.4 is 10.6 Å². The minimum atomic E-state index is -0.0970. The highest BCUT2D eigenvalue weighted by Gasteiger charge is 2.00. The van der Waals surface area contributed by atoms with E-state index in [0.29, 0.717) is 11.6 Å². The molecule has 0 spiro atoms. The van der Waals surface area contributed by atoms with E-state index in [0.717, 1.165) is 5.69 Å². The highest BCUT2D eigenvalue weighted by Crippen LogP contribution is 2.12. The highest BCUT2D eigenvalue weighted by molar-refractivity contribution is 6.30. The molecule has 1 aromatic rings. The molecule has 3 nitrogen and oxygen atoms in total. The molecule has 0 saturated heterocycles. The fraction of sp³-hybridized carbons (Fsp3) is 0.250. The monoisotopic (exact) mass is 236 g/mol. The zero-order chi connectivity index (χ0) is 11.8. The first kappa shape index (κ1) is 12.6. The third-order valence-corrected chi connectivity index (χ3v) is 2.06. The molecular weight excluding hydrogens is 224 g/mol. The van der Waals surface area contributed by atoms with Crippen LogP contribution in [0.25, 0.3) is 0 Å². The Morgan fingerprint density at radius 3 is 2.69 bits per heavy atom. The predicted octanol–water partition coefficient (Wildman–Crippen LogP) is 1.89. The Kier molecular flexibility index (Phi) is 5.41. The van der Waals surface area contributed by atoms with Gasteiger partial charge in [0, 0.05) is 10.7 Å². The van der Waals surface area contributed by atoms with Crippen molar-refractivity contribution in [3.8, 4) is 11.8 Å². The number of benzene rings is 1. The van der Waals surface area contributed by atoms with Crippen molar-refractivity contribution in [3.05, 3.63) is 29.3 Å². The minimum Gasteiger partial charge on any atom is -0.325 e. The molecule has 0 aliphatic carbocycles. The van der Waals surface area contributed by atoms with E-state index in [4.69, 9.17) is 11.6 Å². The van der Waals surface area contributed by atoms with E-state index in [1.54, 1.807) is 31.2 Å². The van der Waals surface area contributed by atoms with E-state index in [1.165, 1.54) is 0 Å². The first-order valence-electron chi connectivity index (χ1n) is 4.88. The second-order valence-electron chi connectivity index (χ2n) is 3.09. The molecule has 0 bridgehead atoms. The predicted molar refractivity (Wildman–Crippen MR) is 66.4 cm³/mol. The molecule has 0 aromatic heterocycles. The molecule has 0 aliphatic heterocycles. The Bertz CT molecular complexity index is 403. The van der Waals surface area contributed by atoms with Crippen LogP contribution in [0.5, 0.6) is 0 Å². The molecule has 2 N–H and O–H groups in total. The Morgan fingerprint density at radius 2 is 2.06 bits per heavy atom. The zero-order valence-electron chi connectivity index (χ0n) is 9.01. The van der Waals surface area contributed by atoms with Crippen LogP contribution in [0.3, 0.4) is 0 Å². The van der Waals surface area contributed by atoms with E-state index in [9.17, 15) is 4.79 Å². The smallest absolute Gasteiger partial charge is 0.238 e. The number of hydrogen-bond acceptors (Lipinski definition) is 2. The molecule has 0 fully saturated rings. The minimum absolute atomic E-state index is 0.0970. The van der Waals surface area contributed by atoms with Gasteiger partial charge in [0.25, 0.3) is 0 Å². The van der Waals surface area contributed by atoms with Crippen LogP contribution in [-0.2, 0) is 4.79 Å². The Balaban J connectivity index is 2.33. The van der Waals surface area contributed by atoms with Gasteiger partial charge in [-0.2, -0.15) is 0 Å². The van der Waals surface area contributed by atoms with Crippen LogP contribution in [0.4, 0.5) is 5.69 Å². The third kappa shape index (κ3) is 4.83. The van der Waals surface area contributed by atoms with Crippen molar-refractivity contribution >= 4 is 23.2 Å². The number of amides is 1. The van der Waals surface area contributed by atoms with E-state index >= 15 is 0 Å². The third-order valence-electron chi connectivity index (χ3n) is 1.80. The van der Waals surface area contributed by atoms with Crippen molar-refractivity contribution in [1.29, 1.82) is 0 Å². The van der Waals surface area contributed by atoms with Gasteiger partial charge in [0.1, 0.15) is 0 Å². The van der Waals surface area contributed by atoms with Crippen LogP contribution in [-0.4, -0.2) is 19.0 Å². The van der Waals surface area contributed by atoms with Crippen molar-refractivity contribution in [2.24, 2.45) is 0 Å². The van der Waals surface area contributed by atoms with E-state index in [1.807, 2.05) is 0 Å². The molecular formula is C12H13ClN2O. The first-order chi connectivity index (χ1) is 7.72. The molecule has 1 aromatic carbocycles. The van der Waals surface area contributed by atoms with Gasteiger partial charge >= 0.3 is 0 Å². The van der Waals surface area contributed by atoms with Gasteiger partial charge in [0.15, 0.2) is 0 Å². The summed E-state index contributed by atoms with van der Waals surface area (Å²) in [7, 11) is 0. The van der Waals surface area contributed by atoms with Crippen molar-refractivity contribution in [2.45, 2.75) is 6.92 Å². The molecule has 16 heavy (non-hydrogen) atoms. The van der Waals surface area contributed by atoms with Crippen molar-refractivity contribution in [1.82, 2.24) is 5.32 Å². The fourth-order valence-electron chi connectivity index (χ4n) is 1.07. The lowest BCUT2D eigenvalue weighted by molar-refractivity contribution is -0.115. The zero-order valence-corrected chi connectivity index (χ0v) is 9.77. The number of anilines is 1. The number of carbonyl (C=O) groups is 1. The molecule has 0 radical (unpaired) electrons. The number of halogens is 1. The summed E-state index contributed by atoms with van der Waals surface area (Å²) in [5, 5.41) is 6.29. The summed E-state index contributed by atoms with van der Waals surface area (Å²) in [6.07, 6.45) is 0. The standard InChI is InChI=1S/C12H13ClN2O/c1-2-3-8-14-9-12(16)15-11-6-4-10(13)5-7-11/h4-7,14H,8-9H2,1H3,(H,15,16). The summed E-state index contributed by atoms with van der Waals surface area (Å²) in [5.74, 6) is 5.46. The molecule has 1 rings (SSSR count). The molecule has 84 valence electrons. The Hall–Kier alpha value is -1.50. The lowest BCUT2D eigenvalue weighted by Crippen LogP contribution is -2.28. The van der Waals surface area contributed by atoms with Gasteiger partial charge in [0.2, 0.25) is 5.91 Å². The van der Waals surface area contributed by atoms with Crippen molar-refractivity contribution in [2.75, 3.05) is 18.4 Å². The van der Waals surface area contributed by atoms with Gasteiger partial charge in [-0.15, -0.1) is 5.92 Å². The average molecular weight is 237 g/mol. The van der Waals surface area contributed by atoms with Crippen LogP contribution in [0.2, 0.25) is 5.02 Å². The number of rotatable bonds is 4. The lowest BCUT2D eigenvalue weighted by atomic mass is 10.3. The summed E-state index contributed by atoms with van der Waals surface area (Å²) in [5.41, 5.74) is 0.734. The molecule has 0 heterocycles. The number of nitrogens with one attached hydrogen (secondary N) is 2. The van der Waals surface area contributed by atoms with Crippen LogP contribution in [0.1, 0.15) is 6.92 Å². The molecule has 0 saturated carbocycles. The molecule has 1 amide bonds. The van der Waals surface area contributed by atoms with Crippen molar-refractivity contribution < 1.29 is 4.79 Å².